The molecule has 0 aromatic heterocycles. The van der Waals surface area contributed by atoms with Crippen molar-refractivity contribution in [3.63, 3.8) is 0 Å². The molecule has 4 heteroatoms. The molecule has 0 aliphatic heterocycles. The van der Waals surface area contributed by atoms with E-state index < -0.39 is 0 Å². The molecule has 0 aliphatic rings. The van der Waals surface area contributed by atoms with Crippen molar-refractivity contribution in [3.05, 3.63) is 30.3 Å². The highest BCUT2D eigenvalue weighted by atomic mass is 16.5. The lowest BCUT2D eigenvalue weighted by Gasteiger charge is -2.10. The quantitative estimate of drug-likeness (QED) is 0.438. The Labute approximate surface area is 83.2 Å². The number of nitrogens with two attached hydrogens (primary N) is 1. The lowest BCUT2D eigenvalue weighted by Crippen LogP contribution is -2.33. The van der Waals surface area contributed by atoms with E-state index in [4.69, 9.17) is 10.6 Å². The summed E-state index contributed by atoms with van der Waals surface area (Å²) in [6, 6.07) is 9.36. The molecule has 0 unspecified atom stereocenters. The summed E-state index contributed by atoms with van der Waals surface area (Å²) in [4.78, 5) is 11.1. The van der Waals surface area contributed by atoms with Crippen LogP contribution in [-0.4, -0.2) is 24.6 Å². The maximum atomic E-state index is 11.1. The van der Waals surface area contributed by atoms with Gasteiger partial charge >= 0.3 is 0 Å². The SMILES string of the molecule is CN(N)C(=O)CCOc1ccccc1. The number of nitrogens with zero attached hydrogens (tertiary/aromatic N) is 1. The predicted octanol–water partition coefficient (Wildman–Crippen LogP) is 0.788. The summed E-state index contributed by atoms with van der Waals surface area (Å²) in [7, 11) is 1.52. The van der Waals surface area contributed by atoms with E-state index in [1.165, 1.54) is 7.05 Å². The number of hydrazine groups is 1. The summed E-state index contributed by atoms with van der Waals surface area (Å²) in [6.45, 7) is 0.352. The van der Waals surface area contributed by atoms with Gasteiger partial charge in [0, 0.05) is 7.05 Å². The van der Waals surface area contributed by atoms with Gasteiger partial charge in [-0.25, -0.2) is 5.84 Å². The second kappa shape index (κ2) is 5.24. The summed E-state index contributed by atoms with van der Waals surface area (Å²) in [5.74, 6) is 5.87. The van der Waals surface area contributed by atoms with Gasteiger partial charge in [-0.1, -0.05) is 18.2 Å². The third-order valence-corrected chi connectivity index (χ3v) is 1.72. The van der Waals surface area contributed by atoms with Gasteiger partial charge in [-0.3, -0.25) is 9.80 Å². The number of rotatable bonds is 4. The van der Waals surface area contributed by atoms with Crippen LogP contribution in [-0.2, 0) is 4.79 Å². The third kappa shape index (κ3) is 3.45. The Morgan fingerprint density at radius 2 is 2.07 bits per heavy atom. The Bertz CT molecular complexity index is 285. The van der Waals surface area contributed by atoms with Gasteiger partial charge in [-0.15, -0.1) is 0 Å². The normalized spacial score (nSPS) is 9.57. The lowest BCUT2D eigenvalue weighted by atomic mass is 10.3. The fourth-order valence-corrected chi connectivity index (χ4v) is 0.949. The highest BCUT2D eigenvalue weighted by Gasteiger charge is 2.03. The summed E-state index contributed by atoms with van der Waals surface area (Å²) < 4.78 is 5.32. The van der Waals surface area contributed by atoms with Crippen molar-refractivity contribution >= 4 is 5.91 Å². The molecular weight excluding hydrogens is 180 g/mol. The Hall–Kier alpha value is -1.55. The molecule has 2 N–H and O–H groups in total. The summed E-state index contributed by atoms with van der Waals surface area (Å²) in [6.07, 6.45) is 0.294. The molecule has 1 rings (SSSR count). The molecule has 0 saturated heterocycles. The molecule has 1 aromatic rings. The first-order valence-electron chi connectivity index (χ1n) is 4.39. The van der Waals surface area contributed by atoms with Gasteiger partial charge in [0.25, 0.3) is 0 Å². The van der Waals surface area contributed by atoms with E-state index in [0.29, 0.717) is 13.0 Å². The van der Waals surface area contributed by atoms with Gasteiger partial charge in [-0.05, 0) is 12.1 Å². The zero-order chi connectivity index (χ0) is 10.4. The molecule has 0 saturated carbocycles. The minimum absolute atomic E-state index is 0.138. The zero-order valence-electron chi connectivity index (χ0n) is 8.14. The first kappa shape index (κ1) is 10.5. The second-order valence-corrected chi connectivity index (χ2v) is 2.92. The first-order chi connectivity index (χ1) is 6.70. The molecule has 0 fully saturated rings. The average Bonchev–Trinajstić information content (AvgIpc) is 2.19. The minimum atomic E-state index is -0.138. The highest BCUT2D eigenvalue weighted by molar-refractivity contribution is 5.75. The van der Waals surface area contributed by atoms with Crippen molar-refractivity contribution in [2.24, 2.45) is 5.84 Å². The van der Waals surface area contributed by atoms with Crippen LogP contribution in [0.15, 0.2) is 30.3 Å². The van der Waals surface area contributed by atoms with E-state index in [1.807, 2.05) is 30.3 Å². The summed E-state index contributed by atoms with van der Waals surface area (Å²) in [5.41, 5.74) is 0. The smallest absolute Gasteiger partial charge is 0.239 e. The predicted molar refractivity (Wildman–Crippen MR) is 53.5 cm³/mol. The maximum Gasteiger partial charge on any atom is 0.239 e. The van der Waals surface area contributed by atoms with Crippen LogP contribution in [0.5, 0.6) is 5.75 Å². The standard InChI is InChI=1S/C10H14N2O2/c1-12(11)10(13)7-8-14-9-5-3-2-4-6-9/h2-6H,7-8,11H2,1H3. The number of hydrogen-bond donors (Lipinski definition) is 1. The summed E-state index contributed by atoms with van der Waals surface area (Å²) >= 11 is 0. The first-order valence-corrected chi connectivity index (χ1v) is 4.39. The molecule has 0 spiro atoms. The zero-order valence-corrected chi connectivity index (χ0v) is 8.14. The molecule has 0 bridgehead atoms. The van der Waals surface area contributed by atoms with Gasteiger partial charge < -0.3 is 4.74 Å². The van der Waals surface area contributed by atoms with E-state index in [0.717, 1.165) is 10.8 Å². The van der Waals surface area contributed by atoms with Crippen LogP contribution < -0.4 is 10.6 Å². The lowest BCUT2D eigenvalue weighted by molar-refractivity contribution is -0.130. The van der Waals surface area contributed by atoms with Crippen LogP contribution in [0.2, 0.25) is 0 Å². The Morgan fingerprint density at radius 3 is 2.64 bits per heavy atom. The van der Waals surface area contributed by atoms with E-state index in [9.17, 15) is 4.79 Å². The Kier molecular flexibility index (Phi) is 3.94. The van der Waals surface area contributed by atoms with Crippen molar-refractivity contribution in [1.82, 2.24) is 5.01 Å². The van der Waals surface area contributed by atoms with Crippen molar-refractivity contribution < 1.29 is 9.53 Å². The van der Waals surface area contributed by atoms with Crippen molar-refractivity contribution in [1.29, 1.82) is 0 Å². The fourth-order valence-electron chi connectivity index (χ4n) is 0.949. The van der Waals surface area contributed by atoms with Crippen LogP contribution in [0.1, 0.15) is 6.42 Å². The molecule has 0 heterocycles. The number of para-hydroxylation sites is 1. The Balaban J connectivity index is 2.26. The largest absolute Gasteiger partial charge is 0.493 e. The van der Waals surface area contributed by atoms with E-state index >= 15 is 0 Å². The average molecular weight is 194 g/mol. The van der Waals surface area contributed by atoms with Gasteiger partial charge in [0.2, 0.25) is 5.91 Å². The van der Waals surface area contributed by atoms with Crippen molar-refractivity contribution in [2.75, 3.05) is 13.7 Å². The number of carbonyl (C=O) groups is 1. The monoisotopic (exact) mass is 194 g/mol. The molecule has 0 radical (unpaired) electrons. The highest BCUT2D eigenvalue weighted by Crippen LogP contribution is 2.08. The molecule has 14 heavy (non-hydrogen) atoms. The molecule has 1 amide bonds. The van der Waals surface area contributed by atoms with E-state index in [2.05, 4.69) is 0 Å². The van der Waals surface area contributed by atoms with Crippen LogP contribution in [0.25, 0.3) is 0 Å². The van der Waals surface area contributed by atoms with E-state index in [-0.39, 0.29) is 5.91 Å². The van der Waals surface area contributed by atoms with Gasteiger partial charge in [0.05, 0.1) is 13.0 Å². The molecule has 4 nitrogen and oxygen atoms in total. The second-order valence-electron chi connectivity index (χ2n) is 2.92. The number of benzene rings is 1. The Morgan fingerprint density at radius 1 is 1.43 bits per heavy atom. The number of carbonyl (C=O) groups excluding carboxylic acids is 1. The molecule has 0 atom stereocenters. The van der Waals surface area contributed by atoms with Crippen molar-refractivity contribution in [2.45, 2.75) is 6.42 Å². The van der Waals surface area contributed by atoms with Crippen LogP contribution in [0, 0.1) is 0 Å². The number of ether oxygens (including phenoxy) is 1. The molecule has 0 aliphatic carbocycles. The fraction of sp³-hybridized carbons (Fsp3) is 0.300. The van der Waals surface area contributed by atoms with Gasteiger partial charge in [-0.2, -0.15) is 0 Å². The summed E-state index contributed by atoms with van der Waals surface area (Å²) in [5, 5.41) is 1.06. The van der Waals surface area contributed by atoms with Crippen LogP contribution in [0.3, 0.4) is 0 Å². The maximum absolute atomic E-state index is 11.1. The topological polar surface area (TPSA) is 55.6 Å². The number of amides is 1. The molecule has 1 aromatic carbocycles. The third-order valence-electron chi connectivity index (χ3n) is 1.72. The van der Waals surface area contributed by atoms with Gasteiger partial charge in [0.15, 0.2) is 0 Å². The minimum Gasteiger partial charge on any atom is -0.493 e. The van der Waals surface area contributed by atoms with Gasteiger partial charge in [0.1, 0.15) is 5.75 Å². The van der Waals surface area contributed by atoms with Crippen molar-refractivity contribution in [3.8, 4) is 5.75 Å². The number of hydrogen-bond acceptors (Lipinski definition) is 3. The van der Waals surface area contributed by atoms with Crippen LogP contribution >= 0.6 is 0 Å². The van der Waals surface area contributed by atoms with Crippen LogP contribution in [0.4, 0.5) is 0 Å². The van der Waals surface area contributed by atoms with E-state index in [1.54, 1.807) is 0 Å². The molecule has 76 valence electrons. The molecular formula is C10H14N2O2.